The number of imidazole rings is 1. The number of pyridine rings is 1. The Hall–Kier alpha value is -3.96. The van der Waals surface area contributed by atoms with Crippen LogP contribution in [0.25, 0.3) is 5.69 Å². The Labute approximate surface area is 173 Å². The Kier molecular flexibility index (Phi) is 6.18. The van der Waals surface area contributed by atoms with E-state index in [4.69, 9.17) is 4.74 Å². The first-order valence-electron chi connectivity index (χ1n) is 8.92. The van der Waals surface area contributed by atoms with Crippen molar-refractivity contribution in [1.29, 1.82) is 0 Å². The van der Waals surface area contributed by atoms with Crippen LogP contribution >= 0.6 is 0 Å². The van der Waals surface area contributed by atoms with Crippen LogP contribution in [0.1, 0.15) is 12.5 Å². The van der Waals surface area contributed by atoms with E-state index in [0.29, 0.717) is 5.56 Å². The standard InChI is InChI=1S/C19H17F3N4O5/c1-2-30-17(28)24-15-9-12(7-8-23-15)10-25-11-16(27)26(18(25)29)13-3-5-14(6-4-13)31-19(20,21)22/h3-9,11,27H,2,10H2,1H3,(H,23,24,28). The van der Waals surface area contributed by atoms with Crippen LogP contribution in [0, 0.1) is 0 Å². The number of aromatic nitrogens is 3. The number of halogens is 3. The van der Waals surface area contributed by atoms with Crippen LogP contribution in [0.4, 0.5) is 23.8 Å². The van der Waals surface area contributed by atoms with E-state index in [-0.39, 0.29) is 24.7 Å². The van der Waals surface area contributed by atoms with E-state index in [1.165, 1.54) is 35.2 Å². The molecule has 0 fully saturated rings. The van der Waals surface area contributed by atoms with E-state index in [1.54, 1.807) is 13.0 Å². The van der Waals surface area contributed by atoms with E-state index < -0.39 is 29.8 Å². The van der Waals surface area contributed by atoms with E-state index >= 15 is 0 Å². The van der Waals surface area contributed by atoms with E-state index in [2.05, 4.69) is 15.0 Å². The van der Waals surface area contributed by atoms with Gasteiger partial charge in [-0.05, 0) is 48.9 Å². The quantitative estimate of drug-likeness (QED) is 0.612. The number of rotatable bonds is 6. The second-order valence-electron chi connectivity index (χ2n) is 6.17. The molecule has 0 radical (unpaired) electrons. The summed E-state index contributed by atoms with van der Waals surface area (Å²) in [4.78, 5) is 28.2. The van der Waals surface area contributed by atoms with Gasteiger partial charge >= 0.3 is 18.1 Å². The average Bonchev–Trinajstić information content (AvgIpc) is 2.95. The lowest BCUT2D eigenvalue weighted by molar-refractivity contribution is -0.274. The molecule has 0 unspecified atom stereocenters. The monoisotopic (exact) mass is 438 g/mol. The van der Waals surface area contributed by atoms with Gasteiger partial charge in [0.15, 0.2) is 0 Å². The summed E-state index contributed by atoms with van der Waals surface area (Å²) < 4.78 is 47.5. The zero-order chi connectivity index (χ0) is 22.6. The van der Waals surface area contributed by atoms with Crippen molar-refractivity contribution >= 4 is 11.9 Å². The number of carbonyl (C=O) groups excluding carboxylic acids is 1. The van der Waals surface area contributed by atoms with Gasteiger partial charge in [-0.3, -0.25) is 9.88 Å². The van der Waals surface area contributed by atoms with Crippen molar-refractivity contribution in [2.75, 3.05) is 11.9 Å². The molecule has 3 rings (SSSR count). The van der Waals surface area contributed by atoms with Crippen LogP contribution < -0.4 is 15.7 Å². The third kappa shape index (κ3) is 5.56. The Balaban J connectivity index is 1.81. The number of hydrogen-bond acceptors (Lipinski definition) is 6. The van der Waals surface area contributed by atoms with Crippen molar-refractivity contribution in [3.8, 4) is 17.3 Å². The van der Waals surface area contributed by atoms with Gasteiger partial charge in [0.25, 0.3) is 0 Å². The highest BCUT2D eigenvalue weighted by Crippen LogP contribution is 2.24. The van der Waals surface area contributed by atoms with Gasteiger partial charge in [0.1, 0.15) is 11.6 Å². The number of nitrogens with zero attached hydrogens (tertiary/aromatic N) is 3. The topological polar surface area (TPSA) is 108 Å². The fourth-order valence-electron chi connectivity index (χ4n) is 2.74. The van der Waals surface area contributed by atoms with Crippen LogP contribution in [0.3, 0.4) is 0 Å². The molecule has 12 heteroatoms. The summed E-state index contributed by atoms with van der Waals surface area (Å²) in [7, 11) is 0. The van der Waals surface area contributed by atoms with Crippen molar-refractivity contribution < 1.29 is 32.5 Å². The predicted octanol–water partition coefficient (Wildman–Crippen LogP) is 3.25. The number of anilines is 1. The van der Waals surface area contributed by atoms with Crippen LogP contribution in [0.5, 0.6) is 11.6 Å². The van der Waals surface area contributed by atoms with Crippen LogP contribution in [0.15, 0.2) is 53.6 Å². The number of hydrogen-bond donors (Lipinski definition) is 2. The summed E-state index contributed by atoms with van der Waals surface area (Å²) in [5.74, 6) is -0.650. The maximum absolute atomic E-state index is 12.7. The SMILES string of the molecule is CCOC(=O)Nc1cc(Cn2cc(O)n(-c3ccc(OC(F)(F)F)cc3)c2=O)ccn1. The van der Waals surface area contributed by atoms with E-state index in [1.807, 2.05) is 0 Å². The summed E-state index contributed by atoms with van der Waals surface area (Å²) in [6.07, 6.45) is -2.90. The molecule has 9 nitrogen and oxygen atoms in total. The minimum Gasteiger partial charge on any atom is -0.493 e. The number of ether oxygens (including phenoxy) is 2. The first kappa shape index (κ1) is 21.7. The molecule has 0 atom stereocenters. The van der Waals surface area contributed by atoms with Crippen molar-refractivity contribution in [2.45, 2.75) is 19.8 Å². The highest BCUT2D eigenvalue weighted by atomic mass is 19.4. The average molecular weight is 438 g/mol. The highest BCUT2D eigenvalue weighted by Gasteiger charge is 2.31. The largest absolute Gasteiger partial charge is 0.573 e. The maximum Gasteiger partial charge on any atom is 0.573 e. The summed E-state index contributed by atoms with van der Waals surface area (Å²) in [6, 6.07) is 7.62. The van der Waals surface area contributed by atoms with Crippen LogP contribution in [0.2, 0.25) is 0 Å². The second kappa shape index (κ2) is 8.81. The van der Waals surface area contributed by atoms with Gasteiger partial charge in [0.2, 0.25) is 5.88 Å². The Morgan fingerprint density at radius 1 is 1.23 bits per heavy atom. The van der Waals surface area contributed by atoms with Gasteiger partial charge in [0, 0.05) is 6.20 Å². The number of amides is 1. The minimum absolute atomic E-state index is 0.0364. The first-order chi connectivity index (χ1) is 14.7. The van der Waals surface area contributed by atoms with Gasteiger partial charge < -0.3 is 14.6 Å². The summed E-state index contributed by atoms with van der Waals surface area (Å²) in [5.41, 5.74) is 0.115. The van der Waals surface area contributed by atoms with Gasteiger partial charge in [-0.25, -0.2) is 19.1 Å². The number of aromatic hydroxyl groups is 1. The molecule has 0 aliphatic heterocycles. The molecule has 0 bridgehead atoms. The Bertz CT molecular complexity index is 1120. The molecule has 1 aromatic carbocycles. The number of alkyl halides is 3. The summed E-state index contributed by atoms with van der Waals surface area (Å²) in [5, 5.41) is 12.6. The molecule has 0 aliphatic rings. The molecule has 0 spiro atoms. The number of nitrogens with one attached hydrogen (secondary N) is 1. The molecule has 2 aromatic heterocycles. The molecule has 3 aromatic rings. The summed E-state index contributed by atoms with van der Waals surface area (Å²) in [6.45, 7) is 1.88. The van der Waals surface area contributed by atoms with Crippen molar-refractivity contribution in [3.05, 3.63) is 64.8 Å². The van der Waals surface area contributed by atoms with E-state index in [0.717, 1.165) is 16.7 Å². The highest BCUT2D eigenvalue weighted by molar-refractivity contribution is 5.83. The lowest BCUT2D eigenvalue weighted by Gasteiger charge is -2.09. The molecule has 164 valence electrons. The van der Waals surface area contributed by atoms with Crippen LogP contribution in [-0.4, -0.2) is 38.3 Å². The molecule has 0 saturated heterocycles. The fraction of sp³-hybridized carbons (Fsp3) is 0.211. The normalized spacial score (nSPS) is 11.2. The Morgan fingerprint density at radius 3 is 2.58 bits per heavy atom. The summed E-state index contributed by atoms with van der Waals surface area (Å²) >= 11 is 0. The molecule has 0 saturated carbocycles. The molecular formula is C19H17F3N4O5. The van der Waals surface area contributed by atoms with E-state index in [9.17, 15) is 27.9 Å². The molecule has 0 aliphatic carbocycles. The molecule has 31 heavy (non-hydrogen) atoms. The van der Waals surface area contributed by atoms with Crippen molar-refractivity contribution in [1.82, 2.24) is 14.1 Å². The lowest BCUT2D eigenvalue weighted by Crippen LogP contribution is -2.23. The molecule has 2 N–H and O–H groups in total. The zero-order valence-electron chi connectivity index (χ0n) is 16.1. The second-order valence-corrected chi connectivity index (χ2v) is 6.17. The van der Waals surface area contributed by atoms with Crippen LogP contribution in [-0.2, 0) is 11.3 Å². The van der Waals surface area contributed by atoms with Gasteiger partial charge in [-0.2, -0.15) is 0 Å². The first-order valence-corrected chi connectivity index (χ1v) is 8.92. The smallest absolute Gasteiger partial charge is 0.493 e. The zero-order valence-corrected chi connectivity index (χ0v) is 16.1. The van der Waals surface area contributed by atoms with Gasteiger partial charge in [0.05, 0.1) is 25.0 Å². The molecule has 1 amide bonds. The predicted molar refractivity (Wildman–Crippen MR) is 102 cm³/mol. The van der Waals surface area contributed by atoms with Gasteiger partial charge in [-0.1, -0.05) is 0 Å². The Morgan fingerprint density at radius 2 is 1.94 bits per heavy atom. The maximum atomic E-state index is 12.7. The molecule has 2 heterocycles. The lowest BCUT2D eigenvalue weighted by atomic mass is 10.2. The third-order valence-corrected chi connectivity index (χ3v) is 3.95. The molecular weight excluding hydrogens is 421 g/mol. The third-order valence-electron chi connectivity index (χ3n) is 3.95. The van der Waals surface area contributed by atoms with Gasteiger partial charge in [-0.15, -0.1) is 13.2 Å². The fourth-order valence-corrected chi connectivity index (χ4v) is 2.74. The van der Waals surface area contributed by atoms with Crippen molar-refractivity contribution in [2.24, 2.45) is 0 Å². The van der Waals surface area contributed by atoms with Crippen molar-refractivity contribution in [3.63, 3.8) is 0 Å². The minimum atomic E-state index is -4.84. The number of benzene rings is 1. The number of carbonyl (C=O) groups is 1.